The van der Waals surface area contributed by atoms with Gasteiger partial charge in [-0.15, -0.1) is 0 Å². The van der Waals surface area contributed by atoms with E-state index in [2.05, 4.69) is 37.8 Å². The van der Waals surface area contributed by atoms with E-state index < -0.39 is 0 Å². The largest absolute Gasteiger partial charge is 0.393 e. The highest BCUT2D eigenvalue weighted by atomic mass is 16.3. The molecule has 2 nitrogen and oxygen atoms in total. The lowest BCUT2D eigenvalue weighted by atomic mass is 9.98. The molecule has 1 aromatic rings. The Bertz CT molecular complexity index is 406. The summed E-state index contributed by atoms with van der Waals surface area (Å²) in [4.78, 5) is 2.47. The number of aliphatic hydroxyl groups excluding tert-OH is 1. The van der Waals surface area contributed by atoms with Gasteiger partial charge in [0.15, 0.2) is 0 Å². The Morgan fingerprint density at radius 1 is 1.06 bits per heavy atom. The first-order valence-electron chi connectivity index (χ1n) is 7.03. The smallest absolute Gasteiger partial charge is 0.0564 e. The van der Waals surface area contributed by atoms with Crippen LogP contribution in [-0.2, 0) is 6.42 Å². The van der Waals surface area contributed by atoms with Crippen LogP contribution in [0.2, 0.25) is 0 Å². The molecule has 1 aliphatic rings. The van der Waals surface area contributed by atoms with Crippen molar-refractivity contribution in [1.29, 1.82) is 0 Å². The van der Waals surface area contributed by atoms with Gasteiger partial charge >= 0.3 is 0 Å². The fraction of sp³-hybridized carbons (Fsp3) is 0.625. The summed E-state index contributed by atoms with van der Waals surface area (Å²) in [5, 5.41) is 9.50. The highest BCUT2D eigenvalue weighted by molar-refractivity contribution is 5.36. The van der Waals surface area contributed by atoms with Crippen molar-refractivity contribution in [2.75, 3.05) is 19.6 Å². The minimum atomic E-state index is -0.0652. The van der Waals surface area contributed by atoms with Crippen molar-refractivity contribution in [1.82, 2.24) is 4.90 Å². The Morgan fingerprint density at radius 2 is 1.67 bits per heavy atom. The molecule has 0 unspecified atom stereocenters. The van der Waals surface area contributed by atoms with Crippen molar-refractivity contribution in [2.45, 2.75) is 46.1 Å². The van der Waals surface area contributed by atoms with Gasteiger partial charge < -0.3 is 10.0 Å². The molecule has 0 radical (unpaired) electrons. The molecule has 1 aliphatic heterocycles. The minimum absolute atomic E-state index is 0.0652. The first-order valence-corrected chi connectivity index (χ1v) is 7.03. The maximum Gasteiger partial charge on any atom is 0.0564 e. The van der Waals surface area contributed by atoms with E-state index in [0.717, 1.165) is 38.9 Å². The van der Waals surface area contributed by atoms with Crippen molar-refractivity contribution >= 4 is 0 Å². The molecular formula is C16H25NO. The summed E-state index contributed by atoms with van der Waals surface area (Å²) in [5.74, 6) is 0. The van der Waals surface area contributed by atoms with E-state index in [1.54, 1.807) is 0 Å². The van der Waals surface area contributed by atoms with E-state index in [4.69, 9.17) is 0 Å². The molecule has 1 fully saturated rings. The second-order valence-electron chi connectivity index (χ2n) is 5.69. The fourth-order valence-electron chi connectivity index (χ4n) is 2.71. The lowest BCUT2D eigenvalue weighted by Crippen LogP contribution is -2.37. The number of hydrogen-bond acceptors (Lipinski definition) is 2. The third kappa shape index (κ3) is 3.33. The van der Waals surface area contributed by atoms with Crippen LogP contribution in [0.25, 0.3) is 0 Å². The van der Waals surface area contributed by atoms with Crippen molar-refractivity contribution in [3.05, 3.63) is 34.4 Å². The molecule has 0 saturated carbocycles. The van der Waals surface area contributed by atoms with E-state index >= 15 is 0 Å². The quantitative estimate of drug-likeness (QED) is 0.887. The molecule has 1 heterocycles. The average molecular weight is 247 g/mol. The second-order valence-corrected chi connectivity index (χ2v) is 5.69. The molecule has 2 heteroatoms. The maximum atomic E-state index is 9.50. The van der Waals surface area contributed by atoms with Crippen LogP contribution >= 0.6 is 0 Å². The first-order chi connectivity index (χ1) is 8.56. The molecule has 1 saturated heterocycles. The number of rotatable bonds is 3. The summed E-state index contributed by atoms with van der Waals surface area (Å²) in [7, 11) is 0. The van der Waals surface area contributed by atoms with E-state index in [1.807, 2.05) is 0 Å². The van der Waals surface area contributed by atoms with Gasteiger partial charge in [0.05, 0.1) is 6.10 Å². The maximum absolute atomic E-state index is 9.50. The first kappa shape index (κ1) is 13.6. The Hall–Kier alpha value is -0.860. The Morgan fingerprint density at radius 3 is 2.33 bits per heavy atom. The second kappa shape index (κ2) is 5.85. The van der Waals surface area contributed by atoms with Crippen molar-refractivity contribution < 1.29 is 5.11 Å². The van der Waals surface area contributed by atoms with Crippen LogP contribution in [0.15, 0.2) is 12.1 Å². The van der Waals surface area contributed by atoms with Gasteiger partial charge in [-0.2, -0.15) is 0 Å². The minimum Gasteiger partial charge on any atom is -0.393 e. The van der Waals surface area contributed by atoms with Gasteiger partial charge in [0.2, 0.25) is 0 Å². The predicted octanol–water partition coefficient (Wildman–Crippen LogP) is 2.61. The van der Waals surface area contributed by atoms with Crippen molar-refractivity contribution in [3.8, 4) is 0 Å². The van der Waals surface area contributed by atoms with Crippen LogP contribution < -0.4 is 0 Å². The Labute approximate surface area is 111 Å². The average Bonchev–Trinajstić information content (AvgIpc) is 2.34. The zero-order valence-electron chi connectivity index (χ0n) is 11.9. The van der Waals surface area contributed by atoms with Crippen LogP contribution in [-0.4, -0.2) is 35.7 Å². The van der Waals surface area contributed by atoms with Crippen LogP contribution in [0.3, 0.4) is 0 Å². The van der Waals surface area contributed by atoms with Gasteiger partial charge in [0.25, 0.3) is 0 Å². The standard InChI is InChI=1S/C16H25NO/c1-12-10-14(3)15(11-13(12)2)4-7-17-8-5-16(18)6-9-17/h10-11,16,18H,4-9H2,1-3H3. The number of nitrogens with zero attached hydrogens (tertiary/aromatic N) is 1. The van der Waals surface area contributed by atoms with E-state index in [-0.39, 0.29) is 6.10 Å². The molecular weight excluding hydrogens is 222 g/mol. The number of piperidine rings is 1. The number of hydrogen-bond donors (Lipinski definition) is 1. The molecule has 0 atom stereocenters. The third-order valence-corrected chi connectivity index (χ3v) is 4.21. The van der Waals surface area contributed by atoms with Gasteiger partial charge in [-0.05, 0) is 62.3 Å². The molecule has 0 aromatic heterocycles. The molecule has 1 N–H and O–H groups in total. The van der Waals surface area contributed by atoms with Crippen LogP contribution in [0.4, 0.5) is 0 Å². The van der Waals surface area contributed by atoms with Crippen LogP contribution in [0.5, 0.6) is 0 Å². The topological polar surface area (TPSA) is 23.5 Å². The molecule has 0 bridgehead atoms. The lowest BCUT2D eigenvalue weighted by molar-refractivity contribution is 0.0832. The zero-order valence-corrected chi connectivity index (χ0v) is 11.9. The SMILES string of the molecule is Cc1cc(C)c(CCN2CCC(O)CC2)cc1C. The third-order valence-electron chi connectivity index (χ3n) is 4.21. The van der Waals surface area contributed by atoms with Gasteiger partial charge in [-0.25, -0.2) is 0 Å². The summed E-state index contributed by atoms with van der Waals surface area (Å²) in [6.45, 7) is 9.79. The normalized spacial score (nSPS) is 18.2. The van der Waals surface area contributed by atoms with Gasteiger partial charge in [-0.1, -0.05) is 12.1 Å². The number of aliphatic hydroxyl groups is 1. The Kier molecular flexibility index (Phi) is 4.41. The van der Waals surface area contributed by atoms with Gasteiger partial charge in [-0.3, -0.25) is 0 Å². The number of benzene rings is 1. The molecule has 0 spiro atoms. The fourth-order valence-corrected chi connectivity index (χ4v) is 2.71. The summed E-state index contributed by atoms with van der Waals surface area (Å²) in [6.07, 6.45) is 2.94. The highest BCUT2D eigenvalue weighted by Gasteiger charge is 2.16. The van der Waals surface area contributed by atoms with E-state index in [1.165, 1.54) is 22.3 Å². The van der Waals surface area contributed by atoms with Crippen molar-refractivity contribution in [2.24, 2.45) is 0 Å². The molecule has 0 aliphatic carbocycles. The van der Waals surface area contributed by atoms with Crippen molar-refractivity contribution in [3.63, 3.8) is 0 Å². The van der Waals surface area contributed by atoms with Crippen LogP contribution in [0.1, 0.15) is 35.1 Å². The summed E-state index contributed by atoms with van der Waals surface area (Å²) in [5.41, 5.74) is 5.67. The zero-order chi connectivity index (χ0) is 13.1. The van der Waals surface area contributed by atoms with E-state index in [0.29, 0.717) is 0 Å². The molecule has 18 heavy (non-hydrogen) atoms. The molecule has 0 amide bonds. The van der Waals surface area contributed by atoms with Crippen LogP contribution in [0, 0.1) is 20.8 Å². The van der Waals surface area contributed by atoms with E-state index in [9.17, 15) is 5.11 Å². The summed E-state index contributed by atoms with van der Waals surface area (Å²) in [6, 6.07) is 4.63. The van der Waals surface area contributed by atoms with Gasteiger partial charge in [0.1, 0.15) is 0 Å². The Balaban J connectivity index is 1.92. The predicted molar refractivity (Wildman–Crippen MR) is 76.0 cm³/mol. The summed E-state index contributed by atoms with van der Waals surface area (Å²) < 4.78 is 0. The summed E-state index contributed by atoms with van der Waals surface area (Å²) >= 11 is 0. The number of likely N-dealkylation sites (tertiary alicyclic amines) is 1. The number of aryl methyl sites for hydroxylation is 3. The molecule has 2 rings (SSSR count). The molecule has 1 aromatic carbocycles. The lowest BCUT2D eigenvalue weighted by Gasteiger charge is -2.29. The molecule has 100 valence electrons. The monoisotopic (exact) mass is 247 g/mol. The van der Waals surface area contributed by atoms with Gasteiger partial charge in [0, 0.05) is 19.6 Å². The highest BCUT2D eigenvalue weighted by Crippen LogP contribution is 2.17.